The van der Waals surface area contributed by atoms with Gasteiger partial charge in [0.25, 0.3) is 0 Å². The Balaban J connectivity index is 2.33. The van der Waals surface area contributed by atoms with Crippen LogP contribution in [-0.4, -0.2) is 41.6 Å². The third-order valence-electron chi connectivity index (χ3n) is 3.90. The molecular weight excluding hydrogens is 244 g/mol. The molecule has 0 aromatic rings. The minimum atomic E-state index is -0.823. The third kappa shape index (κ3) is 5.49. The number of carbonyl (C=O) groups excluding carboxylic acids is 1. The molecule has 0 heterocycles. The van der Waals surface area contributed by atoms with E-state index in [0.29, 0.717) is 18.5 Å². The predicted octanol–water partition coefficient (Wildman–Crippen LogP) is 2.32. The zero-order chi connectivity index (χ0) is 14.4. The van der Waals surface area contributed by atoms with E-state index in [4.69, 9.17) is 5.11 Å². The molecule has 0 aliphatic heterocycles. The van der Waals surface area contributed by atoms with Gasteiger partial charge in [-0.2, -0.15) is 0 Å². The number of carboxylic acid groups (broad SMARTS) is 1. The number of aliphatic carboxylic acids is 1. The fourth-order valence-electron chi connectivity index (χ4n) is 2.68. The highest BCUT2D eigenvalue weighted by atomic mass is 16.4. The van der Waals surface area contributed by atoms with Crippen LogP contribution in [0, 0.1) is 11.8 Å². The van der Waals surface area contributed by atoms with Crippen LogP contribution >= 0.6 is 0 Å². The molecule has 1 aliphatic carbocycles. The van der Waals surface area contributed by atoms with Crippen molar-refractivity contribution in [2.24, 2.45) is 11.8 Å². The SMILES string of the molecule is CC(CNC(=O)N(C)C1CCCC(C)C1)CC(=O)O. The molecule has 0 aromatic heterocycles. The summed E-state index contributed by atoms with van der Waals surface area (Å²) in [5.74, 6) is -0.184. The zero-order valence-electron chi connectivity index (χ0n) is 12.2. The van der Waals surface area contributed by atoms with Crippen molar-refractivity contribution < 1.29 is 14.7 Å². The van der Waals surface area contributed by atoms with Gasteiger partial charge in [-0.3, -0.25) is 4.79 Å². The minimum absolute atomic E-state index is 0.0415. The Labute approximate surface area is 115 Å². The van der Waals surface area contributed by atoms with Gasteiger partial charge in [-0.1, -0.05) is 26.7 Å². The summed E-state index contributed by atoms with van der Waals surface area (Å²) in [7, 11) is 1.83. The van der Waals surface area contributed by atoms with Gasteiger partial charge in [0, 0.05) is 26.1 Å². The highest BCUT2D eigenvalue weighted by Gasteiger charge is 2.25. The van der Waals surface area contributed by atoms with Crippen molar-refractivity contribution in [2.75, 3.05) is 13.6 Å². The van der Waals surface area contributed by atoms with Crippen LogP contribution in [0.2, 0.25) is 0 Å². The number of urea groups is 1. The molecule has 110 valence electrons. The van der Waals surface area contributed by atoms with Crippen molar-refractivity contribution in [3.05, 3.63) is 0 Å². The topological polar surface area (TPSA) is 69.6 Å². The van der Waals surface area contributed by atoms with Crippen molar-refractivity contribution >= 4 is 12.0 Å². The number of amides is 2. The van der Waals surface area contributed by atoms with Gasteiger partial charge < -0.3 is 15.3 Å². The van der Waals surface area contributed by atoms with Crippen molar-refractivity contribution in [2.45, 2.75) is 52.0 Å². The van der Waals surface area contributed by atoms with Gasteiger partial charge in [0.15, 0.2) is 0 Å². The van der Waals surface area contributed by atoms with Gasteiger partial charge >= 0.3 is 12.0 Å². The average Bonchev–Trinajstić information content (AvgIpc) is 2.34. The first kappa shape index (κ1) is 15.8. The summed E-state index contributed by atoms with van der Waals surface area (Å²) in [6.45, 7) is 4.47. The summed E-state index contributed by atoms with van der Waals surface area (Å²) in [6, 6.07) is 0.231. The van der Waals surface area contributed by atoms with Gasteiger partial charge in [0.1, 0.15) is 0 Å². The first-order chi connectivity index (χ1) is 8.90. The maximum atomic E-state index is 12.0. The largest absolute Gasteiger partial charge is 0.481 e. The van der Waals surface area contributed by atoms with Crippen molar-refractivity contribution in [1.29, 1.82) is 0 Å². The van der Waals surface area contributed by atoms with Crippen LogP contribution in [0.5, 0.6) is 0 Å². The van der Waals surface area contributed by atoms with Gasteiger partial charge in [-0.05, 0) is 24.7 Å². The fraction of sp³-hybridized carbons (Fsp3) is 0.857. The molecular formula is C14H26N2O3. The number of hydrogen-bond acceptors (Lipinski definition) is 2. The average molecular weight is 270 g/mol. The second-order valence-electron chi connectivity index (χ2n) is 5.93. The maximum Gasteiger partial charge on any atom is 0.317 e. The lowest BCUT2D eigenvalue weighted by Crippen LogP contribution is -2.46. The van der Waals surface area contributed by atoms with E-state index >= 15 is 0 Å². The minimum Gasteiger partial charge on any atom is -0.481 e. The molecule has 0 aromatic carbocycles. The molecule has 0 spiro atoms. The van der Waals surface area contributed by atoms with Crippen LogP contribution in [0.1, 0.15) is 46.0 Å². The quantitative estimate of drug-likeness (QED) is 0.805. The summed E-state index contributed by atoms with van der Waals surface area (Å²) in [4.78, 5) is 24.3. The van der Waals surface area contributed by atoms with Crippen LogP contribution < -0.4 is 5.32 Å². The van der Waals surface area contributed by atoms with Crippen LogP contribution in [-0.2, 0) is 4.79 Å². The summed E-state index contributed by atoms with van der Waals surface area (Å²) >= 11 is 0. The molecule has 1 aliphatic rings. The lowest BCUT2D eigenvalue weighted by atomic mass is 9.86. The van der Waals surface area contributed by atoms with Crippen LogP contribution in [0.4, 0.5) is 4.79 Å². The maximum absolute atomic E-state index is 12.0. The Bertz CT molecular complexity index is 320. The van der Waals surface area contributed by atoms with Gasteiger partial charge in [-0.25, -0.2) is 4.79 Å². The molecule has 3 atom stereocenters. The molecule has 1 fully saturated rings. The van der Waals surface area contributed by atoms with E-state index in [1.54, 1.807) is 4.90 Å². The van der Waals surface area contributed by atoms with E-state index < -0.39 is 5.97 Å². The summed E-state index contributed by atoms with van der Waals surface area (Å²) < 4.78 is 0. The van der Waals surface area contributed by atoms with Gasteiger partial charge in [-0.15, -0.1) is 0 Å². The molecule has 5 heteroatoms. The first-order valence-electron chi connectivity index (χ1n) is 7.12. The molecule has 19 heavy (non-hydrogen) atoms. The van der Waals surface area contributed by atoms with E-state index in [9.17, 15) is 9.59 Å². The monoisotopic (exact) mass is 270 g/mol. The molecule has 2 amide bonds. The first-order valence-corrected chi connectivity index (χ1v) is 7.12. The third-order valence-corrected chi connectivity index (χ3v) is 3.90. The molecule has 3 unspecified atom stereocenters. The zero-order valence-corrected chi connectivity index (χ0v) is 12.2. The van der Waals surface area contributed by atoms with Crippen molar-refractivity contribution in [3.63, 3.8) is 0 Å². The number of rotatable bonds is 5. The molecule has 0 saturated heterocycles. The molecule has 0 radical (unpaired) electrons. The number of hydrogen-bond donors (Lipinski definition) is 2. The number of carboxylic acids is 1. The second-order valence-corrected chi connectivity index (χ2v) is 5.93. The van der Waals surface area contributed by atoms with E-state index in [0.717, 1.165) is 12.8 Å². The Morgan fingerprint density at radius 3 is 2.68 bits per heavy atom. The van der Waals surface area contributed by atoms with E-state index in [1.807, 2.05) is 14.0 Å². The molecule has 5 nitrogen and oxygen atoms in total. The normalized spacial score (nSPS) is 24.6. The number of nitrogens with zero attached hydrogens (tertiary/aromatic N) is 1. The van der Waals surface area contributed by atoms with Crippen LogP contribution in [0.15, 0.2) is 0 Å². The standard InChI is InChI=1S/C14H26N2O3/c1-10-5-4-6-12(7-10)16(3)14(19)15-9-11(2)8-13(17)18/h10-12H,4-9H2,1-3H3,(H,15,19)(H,17,18). The second kappa shape index (κ2) is 7.36. The smallest absolute Gasteiger partial charge is 0.317 e. The van der Waals surface area contributed by atoms with Crippen molar-refractivity contribution in [3.8, 4) is 0 Å². The molecule has 0 bridgehead atoms. The van der Waals surface area contributed by atoms with E-state index in [-0.39, 0.29) is 18.4 Å². The number of carbonyl (C=O) groups is 2. The van der Waals surface area contributed by atoms with Gasteiger partial charge in [0.2, 0.25) is 0 Å². The van der Waals surface area contributed by atoms with E-state index in [2.05, 4.69) is 12.2 Å². The summed E-state index contributed by atoms with van der Waals surface area (Å²) in [6.07, 6.45) is 4.65. The fourth-order valence-corrected chi connectivity index (χ4v) is 2.68. The molecule has 2 N–H and O–H groups in total. The Hall–Kier alpha value is -1.26. The summed E-state index contributed by atoms with van der Waals surface area (Å²) in [5.41, 5.74) is 0. The van der Waals surface area contributed by atoms with Crippen molar-refractivity contribution in [1.82, 2.24) is 10.2 Å². The highest BCUT2D eigenvalue weighted by molar-refractivity contribution is 5.74. The van der Waals surface area contributed by atoms with Gasteiger partial charge in [0.05, 0.1) is 0 Å². The lowest BCUT2D eigenvalue weighted by Gasteiger charge is -2.34. The number of nitrogens with one attached hydrogen (secondary N) is 1. The van der Waals surface area contributed by atoms with Crippen LogP contribution in [0.3, 0.4) is 0 Å². The lowest BCUT2D eigenvalue weighted by molar-refractivity contribution is -0.137. The highest BCUT2D eigenvalue weighted by Crippen LogP contribution is 2.26. The predicted molar refractivity (Wildman–Crippen MR) is 74.0 cm³/mol. The Morgan fingerprint density at radius 2 is 2.11 bits per heavy atom. The Morgan fingerprint density at radius 1 is 1.42 bits per heavy atom. The van der Waals surface area contributed by atoms with Crippen LogP contribution in [0.25, 0.3) is 0 Å². The summed E-state index contributed by atoms with van der Waals surface area (Å²) in [5, 5.41) is 11.5. The Kier molecular flexibility index (Phi) is 6.12. The molecule has 1 saturated carbocycles. The molecule has 1 rings (SSSR count). The van der Waals surface area contributed by atoms with E-state index in [1.165, 1.54) is 12.8 Å².